The average molecular weight is 377 g/mol. The molecule has 0 saturated carbocycles. The van der Waals surface area contributed by atoms with Gasteiger partial charge in [0.05, 0.1) is 19.9 Å². The van der Waals surface area contributed by atoms with Gasteiger partial charge in [-0.15, -0.1) is 0 Å². The molecule has 1 atom stereocenters. The number of carbonyl (C=O) groups excluding carboxylic acids is 1. The monoisotopic (exact) mass is 377 g/mol. The van der Waals surface area contributed by atoms with Crippen molar-refractivity contribution in [3.8, 4) is 17.2 Å². The van der Waals surface area contributed by atoms with Crippen molar-refractivity contribution in [1.29, 1.82) is 0 Å². The van der Waals surface area contributed by atoms with Gasteiger partial charge >= 0.3 is 0 Å². The van der Waals surface area contributed by atoms with Crippen LogP contribution in [0.25, 0.3) is 0 Å². The number of methoxy groups -OCH3 is 1. The van der Waals surface area contributed by atoms with Crippen LogP contribution in [-0.2, 0) is 11.3 Å². The molecule has 7 heteroatoms. The van der Waals surface area contributed by atoms with Crippen LogP contribution in [0.4, 0.5) is 5.82 Å². The molecule has 7 nitrogen and oxygen atoms in total. The molecule has 0 saturated heterocycles. The molecule has 0 fully saturated rings. The number of rotatable bonds is 4. The first-order valence-corrected chi connectivity index (χ1v) is 9.09. The highest BCUT2D eigenvalue weighted by Crippen LogP contribution is 2.38. The summed E-state index contributed by atoms with van der Waals surface area (Å²) in [7, 11) is 1.64. The molecule has 1 unspecified atom stereocenters. The SMILES string of the molecule is COc1cccc(C2CC(=O)Nc3c2cnn3Cc2ccc3c(c2)OCO3)c1. The van der Waals surface area contributed by atoms with Gasteiger partial charge in [0, 0.05) is 17.9 Å². The van der Waals surface area contributed by atoms with Gasteiger partial charge in [-0.05, 0) is 35.4 Å². The molecule has 5 rings (SSSR count). The Morgan fingerprint density at radius 2 is 2.11 bits per heavy atom. The van der Waals surface area contributed by atoms with Gasteiger partial charge in [0.25, 0.3) is 0 Å². The van der Waals surface area contributed by atoms with Gasteiger partial charge in [0.2, 0.25) is 12.7 Å². The number of aromatic nitrogens is 2. The number of amides is 1. The Balaban J connectivity index is 1.48. The normalized spacial score (nSPS) is 17.2. The van der Waals surface area contributed by atoms with Gasteiger partial charge in [-0.3, -0.25) is 4.79 Å². The molecule has 3 heterocycles. The van der Waals surface area contributed by atoms with E-state index in [1.54, 1.807) is 7.11 Å². The third-order valence-corrected chi connectivity index (χ3v) is 5.16. The molecule has 2 aromatic carbocycles. The minimum Gasteiger partial charge on any atom is -0.497 e. The number of hydrogen-bond donors (Lipinski definition) is 1. The van der Waals surface area contributed by atoms with Gasteiger partial charge in [0.1, 0.15) is 11.6 Å². The maximum atomic E-state index is 12.4. The second-order valence-electron chi connectivity index (χ2n) is 6.88. The van der Waals surface area contributed by atoms with Gasteiger partial charge < -0.3 is 19.5 Å². The van der Waals surface area contributed by atoms with Crippen LogP contribution in [0.1, 0.15) is 29.0 Å². The van der Waals surface area contributed by atoms with Crippen LogP contribution in [0.5, 0.6) is 17.2 Å². The van der Waals surface area contributed by atoms with E-state index in [1.165, 1.54) is 0 Å². The lowest BCUT2D eigenvalue weighted by molar-refractivity contribution is -0.116. The van der Waals surface area contributed by atoms with Crippen LogP contribution in [0, 0.1) is 0 Å². The van der Waals surface area contributed by atoms with E-state index in [-0.39, 0.29) is 18.6 Å². The van der Waals surface area contributed by atoms with E-state index >= 15 is 0 Å². The fraction of sp³-hybridized carbons (Fsp3) is 0.238. The molecule has 2 aliphatic heterocycles. The van der Waals surface area contributed by atoms with Crippen LogP contribution in [0.3, 0.4) is 0 Å². The van der Waals surface area contributed by atoms with Crippen molar-refractivity contribution >= 4 is 11.7 Å². The lowest BCUT2D eigenvalue weighted by atomic mass is 9.87. The van der Waals surface area contributed by atoms with E-state index in [2.05, 4.69) is 10.4 Å². The number of anilines is 1. The first kappa shape index (κ1) is 16.7. The predicted octanol–water partition coefficient (Wildman–Crippen LogP) is 3.14. The van der Waals surface area contributed by atoms with Gasteiger partial charge in [-0.25, -0.2) is 4.68 Å². The lowest BCUT2D eigenvalue weighted by Crippen LogP contribution is -2.25. The third-order valence-electron chi connectivity index (χ3n) is 5.16. The Labute approximate surface area is 161 Å². The number of nitrogens with zero attached hydrogens (tertiary/aromatic N) is 2. The Bertz CT molecular complexity index is 1060. The molecule has 1 N–H and O–H groups in total. The Morgan fingerprint density at radius 3 is 3.00 bits per heavy atom. The van der Waals surface area contributed by atoms with E-state index in [0.29, 0.717) is 13.0 Å². The molecule has 1 aromatic heterocycles. The first-order chi connectivity index (χ1) is 13.7. The van der Waals surface area contributed by atoms with Gasteiger partial charge in [-0.1, -0.05) is 18.2 Å². The standard InChI is InChI=1S/C21H19N3O4/c1-26-15-4-2-3-14(8-15)16-9-20(25)23-21-17(16)10-22-24(21)11-13-5-6-18-19(7-13)28-12-27-18/h2-8,10,16H,9,11-12H2,1H3,(H,23,25). The van der Waals surface area contributed by atoms with Crippen molar-refractivity contribution in [3.63, 3.8) is 0 Å². The summed E-state index contributed by atoms with van der Waals surface area (Å²) in [6.45, 7) is 0.769. The Hall–Kier alpha value is -3.48. The number of carbonyl (C=O) groups is 1. The summed E-state index contributed by atoms with van der Waals surface area (Å²) in [5.41, 5.74) is 3.07. The van der Waals surface area contributed by atoms with Crippen molar-refractivity contribution in [3.05, 3.63) is 65.4 Å². The fourth-order valence-electron chi connectivity index (χ4n) is 3.76. The summed E-state index contributed by atoms with van der Waals surface area (Å²) >= 11 is 0. The van der Waals surface area contributed by atoms with Crippen molar-refractivity contribution in [1.82, 2.24) is 9.78 Å². The molecule has 2 aliphatic rings. The highest BCUT2D eigenvalue weighted by atomic mass is 16.7. The van der Waals surface area contributed by atoms with Gasteiger partial charge in [-0.2, -0.15) is 5.10 Å². The summed E-state index contributed by atoms with van der Waals surface area (Å²) in [5.74, 6) is 2.92. The summed E-state index contributed by atoms with van der Waals surface area (Å²) in [6, 6.07) is 13.7. The number of hydrogen-bond acceptors (Lipinski definition) is 5. The Morgan fingerprint density at radius 1 is 1.21 bits per heavy atom. The molecular formula is C21H19N3O4. The van der Waals surface area contributed by atoms with Gasteiger partial charge in [0.15, 0.2) is 11.5 Å². The first-order valence-electron chi connectivity index (χ1n) is 9.09. The molecule has 3 aromatic rings. The maximum Gasteiger partial charge on any atom is 0.231 e. The number of fused-ring (bicyclic) bond motifs is 2. The molecule has 28 heavy (non-hydrogen) atoms. The lowest BCUT2D eigenvalue weighted by Gasteiger charge is -2.24. The predicted molar refractivity (Wildman–Crippen MR) is 102 cm³/mol. The summed E-state index contributed by atoms with van der Waals surface area (Å²) in [6.07, 6.45) is 2.22. The highest BCUT2D eigenvalue weighted by Gasteiger charge is 2.30. The average Bonchev–Trinajstić information content (AvgIpc) is 3.34. The zero-order chi connectivity index (χ0) is 19.1. The van der Waals surface area contributed by atoms with E-state index in [0.717, 1.165) is 39.8 Å². The largest absolute Gasteiger partial charge is 0.497 e. The molecule has 142 valence electrons. The zero-order valence-corrected chi connectivity index (χ0v) is 15.3. The molecular weight excluding hydrogens is 358 g/mol. The van der Waals surface area contributed by atoms with Crippen LogP contribution < -0.4 is 19.5 Å². The van der Waals surface area contributed by atoms with Crippen LogP contribution in [-0.4, -0.2) is 29.6 Å². The Kier molecular flexibility index (Phi) is 3.93. The summed E-state index contributed by atoms with van der Waals surface area (Å²) in [4.78, 5) is 12.4. The number of ether oxygens (including phenoxy) is 3. The van der Waals surface area contributed by atoms with E-state index < -0.39 is 0 Å². The number of benzene rings is 2. The molecule has 0 aliphatic carbocycles. The minimum atomic E-state index is -0.0515. The highest BCUT2D eigenvalue weighted by molar-refractivity contribution is 5.94. The van der Waals surface area contributed by atoms with E-state index in [9.17, 15) is 4.79 Å². The summed E-state index contributed by atoms with van der Waals surface area (Å²) < 4.78 is 18.0. The zero-order valence-electron chi connectivity index (χ0n) is 15.3. The summed E-state index contributed by atoms with van der Waals surface area (Å²) in [5, 5.41) is 7.52. The van der Waals surface area contributed by atoms with Crippen LogP contribution in [0.2, 0.25) is 0 Å². The quantitative estimate of drug-likeness (QED) is 0.756. The molecule has 0 spiro atoms. The fourth-order valence-corrected chi connectivity index (χ4v) is 3.76. The molecule has 0 bridgehead atoms. The van der Waals surface area contributed by atoms with Crippen molar-refractivity contribution in [2.75, 3.05) is 19.2 Å². The topological polar surface area (TPSA) is 74.6 Å². The minimum absolute atomic E-state index is 0.0206. The van der Waals surface area contributed by atoms with E-state index in [4.69, 9.17) is 14.2 Å². The van der Waals surface area contributed by atoms with Crippen LogP contribution in [0.15, 0.2) is 48.7 Å². The second kappa shape index (κ2) is 6.60. The van der Waals surface area contributed by atoms with Crippen molar-refractivity contribution in [2.24, 2.45) is 0 Å². The second-order valence-corrected chi connectivity index (χ2v) is 6.88. The van der Waals surface area contributed by atoms with E-state index in [1.807, 2.05) is 53.3 Å². The number of nitrogens with one attached hydrogen (secondary N) is 1. The molecule has 0 radical (unpaired) electrons. The van der Waals surface area contributed by atoms with Crippen molar-refractivity contribution in [2.45, 2.75) is 18.9 Å². The molecule has 1 amide bonds. The third kappa shape index (κ3) is 2.85. The maximum absolute atomic E-state index is 12.4. The van der Waals surface area contributed by atoms with Crippen molar-refractivity contribution < 1.29 is 19.0 Å². The van der Waals surface area contributed by atoms with Crippen LogP contribution >= 0.6 is 0 Å². The smallest absolute Gasteiger partial charge is 0.231 e.